The summed E-state index contributed by atoms with van der Waals surface area (Å²) in [6.07, 6.45) is 2.14. The van der Waals surface area contributed by atoms with Crippen molar-refractivity contribution in [3.63, 3.8) is 0 Å². The lowest BCUT2D eigenvalue weighted by Crippen LogP contribution is -2.36. The molecular weight excluding hydrogens is 356 g/mol. The smallest absolute Gasteiger partial charge is 0.313 e. The molecule has 0 bridgehead atoms. The zero-order valence-corrected chi connectivity index (χ0v) is 16.9. The number of hydrogen-bond donors (Lipinski definition) is 2. The second-order valence-electron chi connectivity index (χ2n) is 6.31. The van der Waals surface area contributed by atoms with Crippen LogP contribution < -0.4 is 20.1 Å². The molecule has 0 aliphatic carbocycles. The van der Waals surface area contributed by atoms with Gasteiger partial charge in [-0.05, 0) is 48.1 Å². The molecule has 0 unspecified atom stereocenters. The maximum absolute atomic E-state index is 12.3. The van der Waals surface area contributed by atoms with Crippen LogP contribution in [0.15, 0.2) is 36.4 Å². The summed E-state index contributed by atoms with van der Waals surface area (Å²) >= 11 is 0. The second kappa shape index (κ2) is 10.3. The van der Waals surface area contributed by atoms with E-state index < -0.39 is 11.8 Å². The summed E-state index contributed by atoms with van der Waals surface area (Å²) in [5.41, 5.74) is 3.76. The zero-order chi connectivity index (χ0) is 20.5. The summed E-state index contributed by atoms with van der Waals surface area (Å²) in [6, 6.07) is 11.5. The highest BCUT2D eigenvalue weighted by molar-refractivity contribution is 6.39. The number of para-hydroxylation sites is 1. The van der Waals surface area contributed by atoms with Gasteiger partial charge in [0.05, 0.1) is 14.2 Å². The maximum atomic E-state index is 12.3. The molecule has 6 nitrogen and oxygen atoms in total. The summed E-state index contributed by atoms with van der Waals surface area (Å²) in [7, 11) is 3.16. The number of nitrogens with one attached hydrogen (secondary N) is 2. The van der Waals surface area contributed by atoms with Crippen LogP contribution in [0, 0.1) is 0 Å². The summed E-state index contributed by atoms with van der Waals surface area (Å²) in [5.74, 6) is -0.0142. The quantitative estimate of drug-likeness (QED) is 0.686. The van der Waals surface area contributed by atoms with Gasteiger partial charge >= 0.3 is 11.8 Å². The standard InChI is InChI=1S/C22H28N2O4/c1-5-16-8-7-9-17(6-2)20(16)24-22(26)21(25)23-13-12-15-10-11-18(27-3)19(14-15)28-4/h7-11,14H,5-6,12-13H2,1-4H3,(H,23,25)(H,24,26). The van der Waals surface area contributed by atoms with Crippen molar-refractivity contribution in [2.75, 3.05) is 26.1 Å². The number of anilines is 1. The molecule has 0 heterocycles. The van der Waals surface area contributed by atoms with Crippen molar-refractivity contribution in [2.45, 2.75) is 33.1 Å². The molecule has 28 heavy (non-hydrogen) atoms. The molecule has 0 aliphatic heterocycles. The highest BCUT2D eigenvalue weighted by atomic mass is 16.5. The SMILES string of the molecule is CCc1cccc(CC)c1NC(=O)C(=O)NCCc1ccc(OC)c(OC)c1. The van der Waals surface area contributed by atoms with E-state index in [2.05, 4.69) is 10.6 Å². The number of carbonyl (C=O) groups is 2. The molecule has 2 amide bonds. The fourth-order valence-electron chi connectivity index (χ4n) is 3.01. The van der Waals surface area contributed by atoms with Gasteiger partial charge in [-0.3, -0.25) is 9.59 Å². The number of hydrogen-bond acceptors (Lipinski definition) is 4. The largest absolute Gasteiger partial charge is 0.493 e. The van der Waals surface area contributed by atoms with Gasteiger partial charge in [-0.2, -0.15) is 0 Å². The first-order valence-electron chi connectivity index (χ1n) is 9.44. The number of ether oxygens (including phenoxy) is 2. The van der Waals surface area contributed by atoms with Gasteiger partial charge in [0.25, 0.3) is 0 Å². The number of rotatable bonds is 8. The summed E-state index contributed by atoms with van der Waals surface area (Å²) in [4.78, 5) is 24.5. The number of aryl methyl sites for hydroxylation is 2. The Balaban J connectivity index is 1.94. The number of amides is 2. The number of methoxy groups -OCH3 is 2. The van der Waals surface area contributed by atoms with E-state index >= 15 is 0 Å². The van der Waals surface area contributed by atoms with Crippen LogP contribution in [0.1, 0.15) is 30.5 Å². The van der Waals surface area contributed by atoms with Crippen LogP contribution in [0.4, 0.5) is 5.69 Å². The van der Waals surface area contributed by atoms with Gasteiger partial charge in [-0.1, -0.05) is 38.1 Å². The van der Waals surface area contributed by atoms with Gasteiger partial charge in [0.15, 0.2) is 11.5 Å². The van der Waals surface area contributed by atoms with Crippen LogP contribution in [-0.4, -0.2) is 32.6 Å². The second-order valence-corrected chi connectivity index (χ2v) is 6.31. The number of benzene rings is 2. The van der Waals surface area contributed by atoms with E-state index in [-0.39, 0.29) is 0 Å². The lowest BCUT2D eigenvalue weighted by atomic mass is 10.0. The molecule has 0 spiro atoms. The Bertz CT molecular complexity index is 811. The summed E-state index contributed by atoms with van der Waals surface area (Å²) < 4.78 is 10.5. The van der Waals surface area contributed by atoms with Gasteiger partial charge in [-0.25, -0.2) is 0 Å². The molecule has 0 atom stereocenters. The minimum atomic E-state index is -0.650. The molecule has 2 aromatic carbocycles. The van der Waals surface area contributed by atoms with E-state index in [4.69, 9.17) is 9.47 Å². The predicted octanol–water partition coefficient (Wildman–Crippen LogP) is 3.13. The first kappa shape index (κ1) is 21.3. The minimum Gasteiger partial charge on any atom is -0.493 e. The van der Waals surface area contributed by atoms with Gasteiger partial charge < -0.3 is 20.1 Å². The van der Waals surface area contributed by atoms with Gasteiger partial charge in [0, 0.05) is 12.2 Å². The topological polar surface area (TPSA) is 76.7 Å². The Morgan fingerprint density at radius 2 is 1.54 bits per heavy atom. The van der Waals surface area contributed by atoms with E-state index in [9.17, 15) is 9.59 Å². The van der Waals surface area contributed by atoms with Crippen molar-refractivity contribution in [1.82, 2.24) is 5.32 Å². The summed E-state index contributed by atoms with van der Waals surface area (Å²) in [6.45, 7) is 4.39. The van der Waals surface area contributed by atoms with Gasteiger partial charge in [-0.15, -0.1) is 0 Å². The average Bonchev–Trinajstić information content (AvgIpc) is 2.73. The van der Waals surface area contributed by atoms with Gasteiger partial charge in [0.2, 0.25) is 0 Å². The maximum Gasteiger partial charge on any atom is 0.313 e. The van der Waals surface area contributed by atoms with Crippen molar-refractivity contribution in [2.24, 2.45) is 0 Å². The monoisotopic (exact) mass is 384 g/mol. The molecule has 0 fully saturated rings. The third-order valence-corrected chi connectivity index (χ3v) is 4.59. The lowest BCUT2D eigenvalue weighted by molar-refractivity contribution is -0.136. The molecule has 150 valence electrons. The third-order valence-electron chi connectivity index (χ3n) is 4.59. The van der Waals surface area contributed by atoms with E-state index in [0.29, 0.717) is 24.5 Å². The van der Waals surface area contributed by atoms with E-state index in [1.165, 1.54) is 0 Å². The van der Waals surface area contributed by atoms with Crippen LogP contribution >= 0.6 is 0 Å². The molecule has 0 aliphatic rings. The average molecular weight is 384 g/mol. The minimum absolute atomic E-state index is 0.345. The predicted molar refractivity (Wildman–Crippen MR) is 110 cm³/mol. The van der Waals surface area contributed by atoms with Crippen molar-refractivity contribution in [1.29, 1.82) is 0 Å². The van der Waals surface area contributed by atoms with Crippen molar-refractivity contribution < 1.29 is 19.1 Å². The molecule has 0 saturated heterocycles. The Morgan fingerprint density at radius 1 is 0.893 bits per heavy atom. The highest BCUT2D eigenvalue weighted by Crippen LogP contribution is 2.27. The molecule has 2 N–H and O–H groups in total. The van der Waals surface area contributed by atoms with Crippen LogP contribution in [-0.2, 0) is 28.9 Å². The normalized spacial score (nSPS) is 10.3. The van der Waals surface area contributed by atoms with Crippen LogP contribution in [0.2, 0.25) is 0 Å². The number of carbonyl (C=O) groups excluding carboxylic acids is 2. The van der Waals surface area contributed by atoms with E-state index in [0.717, 1.165) is 35.2 Å². The van der Waals surface area contributed by atoms with Crippen molar-refractivity contribution in [3.05, 3.63) is 53.1 Å². The van der Waals surface area contributed by atoms with E-state index in [1.807, 2.05) is 50.2 Å². The Kier molecular flexibility index (Phi) is 7.87. The molecule has 0 radical (unpaired) electrons. The fraction of sp³-hybridized carbons (Fsp3) is 0.364. The fourth-order valence-corrected chi connectivity index (χ4v) is 3.01. The zero-order valence-electron chi connectivity index (χ0n) is 16.9. The van der Waals surface area contributed by atoms with Gasteiger partial charge in [0.1, 0.15) is 0 Å². The van der Waals surface area contributed by atoms with Crippen LogP contribution in [0.3, 0.4) is 0 Å². The van der Waals surface area contributed by atoms with E-state index in [1.54, 1.807) is 14.2 Å². The van der Waals surface area contributed by atoms with Crippen LogP contribution in [0.5, 0.6) is 11.5 Å². The molecule has 0 aromatic heterocycles. The van der Waals surface area contributed by atoms with Crippen molar-refractivity contribution in [3.8, 4) is 11.5 Å². The molecule has 2 aromatic rings. The molecule has 0 saturated carbocycles. The first-order valence-corrected chi connectivity index (χ1v) is 9.44. The molecular formula is C22H28N2O4. The van der Waals surface area contributed by atoms with Crippen molar-refractivity contribution >= 4 is 17.5 Å². The summed E-state index contributed by atoms with van der Waals surface area (Å²) in [5, 5.41) is 5.44. The molecule has 2 rings (SSSR count). The first-order chi connectivity index (χ1) is 13.5. The molecule has 6 heteroatoms. The third kappa shape index (κ3) is 5.25. The highest BCUT2D eigenvalue weighted by Gasteiger charge is 2.16. The Morgan fingerprint density at radius 3 is 2.11 bits per heavy atom. The Labute approximate surface area is 166 Å². The Hall–Kier alpha value is -3.02. The van der Waals surface area contributed by atoms with Crippen LogP contribution in [0.25, 0.3) is 0 Å². The lowest BCUT2D eigenvalue weighted by Gasteiger charge is -2.14.